The number of amides is 1. The fourth-order valence-electron chi connectivity index (χ4n) is 1.81. The van der Waals surface area contributed by atoms with E-state index < -0.39 is 0 Å². The van der Waals surface area contributed by atoms with Gasteiger partial charge in [0.2, 0.25) is 0 Å². The zero-order chi connectivity index (χ0) is 13.0. The van der Waals surface area contributed by atoms with Crippen LogP contribution in [0.1, 0.15) is 29.4 Å². The van der Waals surface area contributed by atoms with Crippen molar-refractivity contribution in [2.24, 2.45) is 5.92 Å². The minimum absolute atomic E-state index is 0.0384. The Balaban J connectivity index is 1.93. The van der Waals surface area contributed by atoms with Crippen LogP contribution in [0, 0.1) is 5.92 Å². The molecule has 2 rings (SSSR count). The molecule has 0 bridgehead atoms. The molecule has 2 heterocycles. The summed E-state index contributed by atoms with van der Waals surface area (Å²) in [6.07, 6.45) is 2.00. The topological polar surface area (TPSA) is 29.1 Å². The number of hydrogen-bond acceptors (Lipinski definition) is 3. The van der Waals surface area contributed by atoms with Crippen LogP contribution in [0.4, 0.5) is 0 Å². The molecule has 18 heavy (non-hydrogen) atoms. The molecule has 0 fully saturated rings. The highest BCUT2D eigenvalue weighted by Gasteiger charge is 2.12. The van der Waals surface area contributed by atoms with Crippen molar-refractivity contribution in [3.63, 3.8) is 0 Å². The molecule has 98 valence electrons. The Bertz CT molecular complexity index is 491. The van der Waals surface area contributed by atoms with E-state index in [9.17, 15) is 4.79 Å². The molecule has 0 aliphatic rings. The number of carbonyl (C=O) groups is 1. The molecule has 1 unspecified atom stereocenters. The molecule has 5 heteroatoms. The minimum Gasteiger partial charge on any atom is -0.351 e. The van der Waals surface area contributed by atoms with Gasteiger partial charge < -0.3 is 5.32 Å². The van der Waals surface area contributed by atoms with Crippen molar-refractivity contribution in [1.82, 2.24) is 5.32 Å². The van der Waals surface area contributed by atoms with Gasteiger partial charge in [-0.2, -0.15) is 0 Å². The van der Waals surface area contributed by atoms with Gasteiger partial charge >= 0.3 is 0 Å². The number of carbonyl (C=O) groups excluding carboxylic acids is 1. The molecule has 2 aromatic heterocycles. The van der Waals surface area contributed by atoms with Crippen molar-refractivity contribution in [2.45, 2.75) is 19.8 Å². The molecular formula is C13H16ClNOS2. The molecule has 1 atom stereocenters. The summed E-state index contributed by atoms with van der Waals surface area (Å²) in [6, 6.07) is 4.03. The van der Waals surface area contributed by atoms with Crippen molar-refractivity contribution >= 4 is 49.6 Å². The number of thiophene rings is 2. The molecule has 0 spiro atoms. The fraction of sp³-hybridized carbons (Fsp3) is 0.462. The van der Waals surface area contributed by atoms with E-state index in [0.29, 0.717) is 18.3 Å². The second kappa shape index (κ2) is 6.55. The molecular weight excluding hydrogens is 286 g/mol. The third-order valence-electron chi connectivity index (χ3n) is 3.01. The molecule has 0 aliphatic carbocycles. The summed E-state index contributed by atoms with van der Waals surface area (Å²) < 4.78 is 2.39. The first-order chi connectivity index (χ1) is 8.74. The van der Waals surface area contributed by atoms with Crippen LogP contribution in [0.15, 0.2) is 17.5 Å². The van der Waals surface area contributed by atoms with Crippen molar-refractivity contribution in [2.75, 3.05) is 12.4 Å². The monoisotopic (exact) mass is 301 g/mol. The number of hydrogen-bond donors (Lipinski definition) is 1. The van der Waals surface area contributed by atoms with Gasteiger partial charge in [0.05, 0.1) is 4.88 Å². The number of alkyl halides is 1. The number of rotatable bonds is 6. The molecule has 0 saturated heterocycles. The molecule has 0 saturated carbocycles. The Hall–Kier alpha value is -0.580. The zero-order valence-corrected chi connectivity index (χ0v) is 12.6. The average Bonchev–Trinajstić information content (AvgIpc) is 2.94. The number of halogens is 1. The molecule has 2 nitrogen and oxygen atoms in total. The van der Waals surface area contributed by atoms with Crippen LogP contribution in [-0.4, -0.2) is 18.3 Å². The van der Waals surface area contributed by atoms with Gasteiger partial charge in [-0.1, -0.05) is 13.3 Å². The summed E-state index contributed by atoms with van der Waals surface area (Å²) >= 11 is 8.97. The smallest absolute Gasteiger partial charge is 0.261 e. The van der Waals surface area contributed by atoms with E-state index in [2.05, 4.69) is 23.7 Å². The predicted molar refractivity (Wildman–Crippen MR) is 81.2 cm³/mol. The molecule has 0 aliphatic heterocycles. The lowest BCUT2D eigenvalue weighted by molar-refractivity contribution is 0.0950. The highest BCUT2D eigenvalue weighted by atomic mass is 35.5. The van der Waals surface area contributed by atoms with Gasteiger partial charge in [-0.3, -0.25) is 4.79 Å². The maximum atomic E-state index is 12.0. The van der Waals surface area contributed by atoms with Crippen molar-refractivity contribution in [3.05, 3.63) is 22.4 Å². The van der Waals surface area contributed by atoms with E-state index >= 15 is 0 Å². The summed E-state index contributed by atoms with van der Waals surface area (Å²) in [7, 11) is 0. The molecule has 0 radical (unpaired) electrons. The Kier molecular flexibility index (Phi) is 5.03. The average molecular weight is 302 g/mol. The van der Waals surface area contributed by atoms with E-state index in [0.717, 1.165) is 17.7 Å². The maximum Gasteiger partial charge on any atom is 0.261 e. The normalized spacial score (nSPS) is 12.8. The standard InChI is InChI=1S/C13H16ClNOS2/c1-2-9(3-5-14)8-15-13(16)12-7-11-10(18-12)4-6-17-11/h4,6-7,9H,2-3,5,8H2,1H3,(H,15,16). The predicted octanol–water partition coefficient (Wildman–Crippen LogP) is 4.35. The van der Waals surface area contributed by atoms with Gasteiger partial charge in [0.25, 0.3) is 5.91 Å². The Morgan fingerprint density at radius 1 is 1.50 bits per heavy atom. The minimum atomic E-state index is 0.0384. The van der Waals surface area contributed by atoms with Crippen molar-refractivity contribution < 1.29 is 4.79 Å². The summed E-state index contributed by atoms with van der Waals surface area (Å²) in [5.74, 6) is 1.17. The van der Waals surface area contributed by atoms with Crippen LogP contribution in [0.5, 0.6) is 0 Å². The lowest BCUT2D eigenvalue weighted by Crippen LogP contribution is -2.28. The van der Waals surface area contributed by atoms with Crippen LogP contribution < -0.4 is 5.32 Å². The van der Waals surface area contributed by atoms with E-state index in [1.807, 2.05) is 6.07 Å². The highest BCUT2D eigenvalue weighted by molar-refractivity contribution is 7.27. The van der Waals surface area contributed by atoms with Gasteiger partial charge in [0.1, 0.15) is 0 Å². The SMILES string of the molecule is CCC(CCCl)CNC(=O)c1cc2sccc2s1. The fourth-order valence-corrected chi connectivity index (χ4v) is 4.14. The van der Waals surface area contributed by atoms with E-state index in [4.69, 9.17) is 11.6 Å². The van der Waals surface area contributed by atoms with Gasteiger partial charge in [-0.25, -0.2) is 0 Å². The first-order valence-electron chi connectivity index (χ1n) is 6.05. The van der Waals surface area contributed by atoms with Crippen LogP contribution in [0.3, 0.4) is 0 Å². The van der Waals surface area contributed by atoms with Gasteiger partial charge in [0.15, 0.2) is 0 Å². The third kappa shape index (κ3) is 3.25. The van der Waals surface area contributed by atoms with E-state index in [-0.39, 0.29) is 5.91 Å². The summed E-state index contributed by atoms with van der Waals surface area (Å²) in [5, 5.41) is 5.06. The van der Waals surface area contributed by atoms with Crippen LogP contribution >= 0.6 is 34.3 Å². The summed E-state index contributed by atoms with van der Waals surface area (Å²) in [5.41, 5.74) is 0. The second-order valence-electron chi connectivity index (χ2n) is 4.22. The third-order valence-corrected chi connectivity index (χ3v) is 5.32. The quantitative estimate of drug-likeness (QED) is 0.790. The van der Waals surface area contributed by atoms with Gasteiger partial charge in [-0.05, 0) is 29.9 Å². The highest BCUT2D eigenvalue weighted by Crippen LogP contribution is 2.29. The molecule has 0 aromatic carbocycles. The van der Waals surface area contributed by atoms with E-state index in [1.165, 1.54) is 9.40 Å². The van der Waals surface area contributed by atoms with E-state index in [1.54, 1.807) is 22.7 Å². The van der Waals surface area contributed by atoms with Crippen molar-refractivity contribution in [1.29, 1.82) is 0 Å². The summed E-state index contributed by atoms with van der Waals surface area (Å²) in [4.78, 5) is 12.8. The number of fused-ring (bicyclic) bond motifs is 1. The Morgan fingerprint density at radius 2 is 2.33 bits per heavy atom. The molecule has 1 N–H and O–H groups in total. The van der Waals surface area contributed by atoms with Gasteiger partial charge in [0, 0.05) is 21.8 Å². The Morgan fingerprint density at radius 3 is 3.00 bits per heavy atom. The van der Waals surface area contributed by atoms with Crippen LogP contribution in [0.2, 0.25) is 0 Å². The first-order valence-corrected chi connectivity index (χ1v) is 8.28. The van der Waals surface area contributed by atoms with Crippen LogP contribution in [0.25, 0.3) is 9.40 Å². The van der Waals surface area contributed by atoms with Crippen LogP contribution in [-0.2, 0) is 0 Å². The largest absolute Gasteiger partial charge is 0.351 e. The zero-order valence-electron chi connectivity index (χ0n) is 10.2. The Labute approximate surface area is 120 Å². The summed E-state index contributed by atoms with van der Waals surface area (Å²) in [6.45, 7) is 2.85. The first kappa shape index (κ1) is 13.8. The molecule has 2 aromatic rings. The lowest BCUT2D eigenvalue weighted by atomic mass is 10.0. The second-order valence-corrected chi connectivity index (χ2v) is 6.63. The van der Waals surface area contributed by atoms with Crippen molar-refractivity contribution in [3.8, 4) is 0 Å². The number of nitrogens with one attached hydrogen (secondary N) is 1. The van der Waals surface area contributed by atoms with Gasteiger partial charge in [-0.15, -0.1) is 34.3 Å². The lowest BCUT2D eigenvalue weighted by Gasteiger charge is -2.13. The maximum absolute atomic E-state index is 12.0. The molecule has 1 amide bonds.